The molecular formula is C39H61ClN10O7. The summed E-state index contributed by atoms with van der Waals surface area (Å²) in [5, 5.41) is 68.5. The van der Waals surface area contributed by atoms with E-state index in [1.807, 2.05) is 17.0 Å². The number of aliphatic hydroxyl groups excluding tert-OH is 5. The van der Waals surface area contributed by atoms with Crippen LogP contribution in [-0.2, 0) is 17.6 Å². The van der Waals surface area contributed by atoms with E-state index in [9.17, 15) is 30.0 Å². The summed E-state index contributed by atoms with van der Waals surface area (Å²) in [6.45, 7) is 3.61. The molecule has 5 atom stereocenters. The number of primary amides is 1. The second-order valence-corrected chi connectivity index (χ2v) is 14.6. The van der Waals surface area contributed by atoms with Crippen LogP contribution >= 0.6 is 11.6 Å². The van der Waals surface area contributed by atoms with Gasteiger partial charge in [-0.15, -0.1) is 0 Å². The molecule has 2 aromatic carbocycles. The van der Waals surface area contributed by atoms with Crippen LogP contribution in [0.2, 0.25) is 5.15 Å². The highest BCUT2D eigenvalue weighted by Crippen LogP contribution is 2.26. The van der Waals surface area contributed by atoms with Crippen molar-refractivity contribution in [3.05, 3.63) is 58.4 Å². The zero-order valence-electron chi connectivity index (χ0n) is 32.7. The van der Waals surface area contributed by atoms with Crippen molar-refractivity contribution in [1.29, 1.82) is 5.41 Å². The number of halogens is 1. The normalized spacial score (nSPS) is 14.2. The molecule has 3 rings (SSSR count). The van der Waals surface area contributed by atoms with Crippen LogP contribution < -0.4 is 33.2 Å². The molecule has 5 unspecified atom stereocenters. The highest BCUT2D eigenvalue weighted by Gasteiger charge is 2.31. The molecule has 1 heterocycles. The molecule has 0 spiro atoms. The van der Waals surface area contributed by atoms with Crippen LogP contribution in [0.25, 0.3) is 10.8 Å². The molecule has 3 aromatic rings. The molecule has 2 amide bonds. The summed E-state index contributed by atoms with van der Waals surface area (Å²) in [4.78, 5) is 34.5. The number of nitrogens with two attached hydrogens (primary N) is 3. The Morgan fingerprint density at radius 2 is 1.49 bits per heavy atom. The highest BCUT2D eigenvalue weighted by molar-refractivity contribution is 6.31. The van der Waals surface area contributed by atoms with Crippen LogP contribution in [0.3, 0.4) is 0 Å². The first-order valence-electron chi connectivity index (χ1n) is 19.6. The fourth-order valence-corrected chi connectivity index (χ4v) is 6.68. The predicted octanol–water partition coefficient (Wildman–Crippen LogP) is 0.809. The van der Waals surface area contributed by atoms with Gasteiger partial charge in [0, 0.05) is 13.1 Å². The summed E-state index contributed by atoms with van der Waals surface area (Å²) >= 11 is 5.85. The lowest BCUT2D eigenvalue weighted by Gasteiger charge is -2.30. The number of hydrogen-bond acceptors (Lipinski definition) is 14. The molecule has 1 aromatic heterocycles. The zero-order valence-corrected chi connectivity index (χ0v) is 33.4. The van der Waals surface area contributed by atoms with Crippen LogP contribution in [0, 0.1) is 5.41 Å². The van der Waals surface area contributed by atoms with E-state index in [-0.39, 0.29) is 35.0 Å². The Balaban J connectivity index is 1.49. The summed E-state index contributed by atoms with van der Waals surface area (Å²) in [5.41, 5.74) is 19.1. The average molecular weight is 817 g/mol. The molecule has 0 aliphatic carbocycles. The van der Waals surface area contributed by atoms with E-state index in [1.54, 1.807) is 0 Å². The lowest BCUT2D eigenvalue weighted by atomic mass is 9.93. The maximum Gasteiger partial charge on any atom is 0.280 e. The van der Waals surface area contributed by atoms with Crippen molar-refractivity contribution in [3.8, 4) is 0 Å². The first kappa shape index (κ1) is 47.2. The van der Waals surface area contributed by atoms with Crippen LogP contribution in [0.5, 0.6) is 0 Å². The Morgan fingerprint density at radius 1 is 0.842 bits per heavy atom. The van der Waals surface area contributed by atoms with Gasteiger partial charge in [-0.05, 0) is 86.5 Å². The van der Waals surface area contributed by atoms with Gasteiger partial charge in [0.1, 0.15) is 18.3 Å². The number of carbonyl (C=O) groups excluding carboxylic acids is 2. The Labute approximate surface area is 338 Å². The Bertz CT molecular complexity index is 1740. The van der Waals surface area contributed by atoms with Crippen LogP contribution in [0.15, 0.2) is 36.4 Å². The summed E-state index contributed by atoms with van der Waals surface area (Å²) in [6.07, 6.45) is 1.93. The third-order valence-electron chi connectivity index (χ3n) is 9.82. The summed E-state index contributed by atoms with van der Waals surface area (Å²) < 4.78 is 0. The minimum absolute atomic E-state index is 0.0705. The third kappa shape index (κ3) is 15.2. The van der Waals surface area contributed by atoms with E-state index in [2.05, 4.69) is 57.1 Å². The number of nitrogen functional groups attached to an aromatic ring is 2. The van der Waals surface area contributed by atoms with Crippen molar-refractivity contribution in [2.45, 2.75) is 102 Å². The third-order valence-corrected chi connectivity index (χ3v) is 10.1. The number of benzene rings is 2. The first-order valence-corrected chi connectivity index (χ1v) is 19.9. The first-order chi connectivity index (χ1) is 27.3. The number of hydrogen-bond donors (Lipinski definition) is 12. The van der Waals surface area contributed by atoms with Crippen LogP contribution in [0.1, 0.15) is 79.9 Å². The molecule has 0 saturated carbocycles. The summed E-state index contributed by atoms with van der Waals surface area (Å²) in [5.74, 6) is -1.67. The van der Waals surface area contributed by atoms with E-state index >= 15 is 0 Å². The number of nitrogens with one attached hydrogen (secondary N) is 4. The van der Waals surface area contributed by atoms with E-state index in [0.717, 1.165) is 61.3 Å². The number of guanidine groups is 1. The Hall–Kier alpha value is -4.20. The molecule has 57 heavy (non-hydrogen) atoms. The van der Waals surface area contributed by atoms with Crippen molar-refractivity contribution in [1.82, 2.24) is 30.8 Å². The van der Waals surface area contributed by atoms with Gasteiger partial charge >= 0.3 is 0 Å². The lowest BCUT2D eigenvalue weighted by molar-refractivity contribution is -0.120. The quantitative estimate of drug-likeness (QED) is 0.0303. The van der Waals surface area contributed by atoms with Crippen molar-refractivity contribution < 1.29 is 35.1 Å². The SMILES string of the molecule is CCCCCCN(CCCNC(CCc1ccc(CCCCNC(=N)NC(=O)c2nc(Cl)c(N)nc2N)c2ccccc12)C(N)=O)CC(O)C(O)C(O)C(O)CO. The van der Waals surface area contributed by atoms with Gasteiger partial charge < -0.3 is 58.3 Å². The molecule has 316 valence electrons. The maximum absolute atomic E-state index is 12.5. The van der Waals surface area contributed by atoms with Crippen molar-refractivity contribution in [3.63, 3.8) is 0 Å². The maximum atomic E-state index is 12.5. The van der Waals surface area contributed by atoms with Gasteiger partial charge in [-0.3, -0.25) is 20.3 Å². The number of nitrogens with zero attached hydrogens (tertiary/aromatic N) is 3. The molecule has 0 aliphatic heterocycles. The largest absolute Gasteiger partial charge is 0.394 e. The molecule has 0 aliphatic rings. The number of aliphatic hydroxyl groups is 5. The fraction of sp³-hybridized carbons (Fsp3) is 0.564. The number of aromatic nitrogens is 2. The average Bonchev–Trinajstić information content (AvgIpc) is 3.19. The molecule has 0 bridgehead atoms. The van der Waals surface area contributed by atoms with E-state index in [4.69, 9.17) is 39.3 Å². The lowest BCUT2D eigenvalue weighted by Crippen LogP contribution is -2.50. The van der Waals surface area contributed by atoms with Gasteiger partial charge in [-0.25, -0.2) is 9.97 Å². The number of amides is 2. The summed E-state index contributed by atoms with van der Waals surface area (Å²) in [7, 11) is 0. The molecule has 15 N–H and O–H groups in total. The highest BCUT2D eigenvalue weighted by atomic mass is 35.5. The number of carbonyl (C=O) groups is 2. The molecular weight excluding hydrogens is 756 g/mol. The number of unbranched alkanes of at least 4 members (excludes halogenated alkanes) is 4. The molecule has 0 fully saturated rings. The van der Waals surface area contributed by atoms with Crippen molar-refractivity contribution in [2.24, 2.45) is 5.73 Å². The Morgan fingerprint density at radius 3 is 2.14 bits per heavy atom. The van der Waals surface area contributed by atoms with Gasteiger partial charge in [-0.1, -0.05) is 74.2 Å². The fourth-order valence-electron chi connectivity index (χ4n) is 6.56. The second kappa shape index (κ2) is 24.5. The zero-order chi connectivity index (χ0) is 41.9. The molecule has 0 radical (unpaired) electrons. The standard InChI is InChI=1S/C39H61ClN10O7/c1-2-3-4-9-20-50(22-29(52)32(54)33(55)30(53)23-51)21-10-19-45-28(37(43)56)17-16-25-15-14-24(26-12-5-6-13-27(25)26)11-7-8-18-46-39(44)49-38(57)31-35(41)48-36(42)34(40)47-31/h5-6,12-15,28-30,32-33,45,51-55H,2-4,7-11,16-23H2,1H3,(H2,43,56)(H4,41,42,48)(H3,44,46,49,57). The van der Waals surface area contributed by atoms with Crippen molar-refractivity contribution in [2.75, 3.05) is 50.8 Å². The van der Waals surface area contributed by atoms with Gasteiger partial charge in [0.25, 0.3) is 5.91 Å². The van der Waals surface area contributed by atoms with Gasteiger partial charge in [0.15, 0.2) is 28.4 Å². The topological polar surface area (TPSA) is 302 Å². The molecule has 18 heteroatoms. The van der Waals surface area contributed by atoms with E-state index < -0.39 is 48.9 Å². The van der Waals surface area contributed by atoms with Crippen LogP contribution in [0.4, 0.5) is 11.6 Å². The second-order valence-electron chi connectivity index (χ2n) is 14.2. The van der Waals surface area contributed by atoms with Crippen LogP contribution in [-0.4, -0.2) is 128 Å². The van der Waals surface area contributed by atoms with Crippen molar-refractivity contribution >= 4 is 51.8 Å². The molecule has 0 saturated heterocycles. The smallest absolute Gasteiger partial charge is 0.280 e. The Kier molecular flexibility index (Phi) is 20.3. The van der Waals surface area contributed by atoms with E-state index in [0.29, 0.717) is 45.4 Å². The summed E-state index contributed by atoms with van der Waals surface area (Å²) in [6, 6.07) is 11.8. The minimum Gasteiger partial charge on any atom is -0.394 e. The number of fused-ring (bicyclic) bond motifs is 1. The number of aryl methyl sites for hydroxylation is 2. The van der Waals surface area contributed by atoms with E-state index in [1.165, 1.54) is 5.56 Å². The molecule has 17 nitrogen and oxygen atoms in total. The minimum atomic E-state index is -1.68. The predicted molar refractivity (Wildman–Crippen MR) is 222 cm³/mol. The number of anilines is 2. The van der Waals surface area contributed by atoms with Gasteiger partial charge in [0.05, 0.1) is 18.8 Å². The number of rotatable bonds is 26. The van der Waals surface area contributed by atoms with Gasteiger partial charge in [0.2, 0.25) is 5.91 Å². The monoisotopic (exact) mass is 816 g/mol. The van der Waals surface area contributed by atoms with Gasteiger partial charge in [-0.2, -0.15) is 0 Å².